The molecule has 0 aliphatic rings. The molecule has 4 rings (SSSR count). The topological polar surface area (TPSA) is 91.8 Å². The molecule has 144 valence electrons. The van der Waals surface area contributed by atoms with E-state index < -0.39 is 0 Å². The maximum absolute atomic E-state index is 9.22. The molecule has 0 atom stereocenters. The van der Waals surface area contributed by atoms with Gasteiger partial charge in [-0.2, -0.15) is 5.26 Å². The first kappa shape index (κ1) is 18.6. The smallest absolute Gasteiger partial charge is 0.180 e. The van der Waals surface area contributed by atoms with E-state index in [1.807, 2.05) is 22.6 Å². The molecule has 0 radical (unpaired) electrons. The number of rotatable bonds is 4. The third kappa shape index (κ3) is 3.92. The number of hydrogen-bond donors (Lipinski definition) is 1. The van der Waals surface area contributed by atoms with Crippen molar-refractivity contribution < 1.29 is 0 Å². The van der Waals surface area contributed by atoms with Crippen LogP contribution in [0.1, 0.15) is 26.3 Å². The summed E-state index contributed by atoms with van der Waals surface area (Å²) in [4.78, 5) is 18.0. The van der Waals surface area contributed by atoms with E-state index >= 15 is 0 Å². The van der Waals surface area contributed by atoms with Crippen LogP contribution in [0, 0.1) is 16.7 Å². The molecular weight excluding hydrogens is 362 g/mol. The fourth-order valence-electron chi connectivity index (χ4n) is 2.93. The number of pyridine rings is 2. The average molecular weight is 383 g/mol. The number of nitriles is 1. The Hall–Kier alpha value is -3.79. The number of aromatic nitrogens is 5. The maximum atomic E-state index is 9.22. The number of anilines is 1. The van der Waals surface area contributed by atoms with Crippen molar-refractivity contribution in [3.05, 3.63) is 60.8 Å². The number of fused-ring (bicyclic) bond motifs is 1. The Morgan fingerprint density at radius 1 is 1.10 bits per heavy atom. The zero-order valence-corrected chi connectivity index (χ0v) is 16.6. The molecule has 1 N–H and O–H groups in total. The highest BCUT2D eigenvalue weighted by molar-refractivity contribution is 5.75. The second-order valence-corrected chi connectivity index (χ2v) is 8.01. The third-order valence-electron chi connectivity index (χ3n) is 4.41. The van der Waals surface area contributed by atoms with Gasteiger partial charge in [0.15, 0.2) is 5.82 Å². The fraction of sp³-hybridized carbons (Fsp3) is 0.227. The van der Waals surface area contributed by atoms with Crippen LogP contribution in [0.25, 0.3) is 28.3 Å². The summed E-state index contributed by atoms with van der Waals surface area (Å²) in [7, 11) is 0. The summed E-state index contributed by atoms with van der Waals surface area (Å²) in [5, 5.41) is 12.7. The van der Waals surface area contributed by atoms with Gasteiger partial charge in [0.1, 0.15) is 23.2 Å². The van der Waals surface area contributed by atoms with Gasteiger partial charge in [-0.25, -0.2) is 15.0 Å². The SMILES string of the molecule is CC(C)(C)CNc1nc(-c2cnc3ccc(C#N)cn23)ncc1-c1cccnc1. The highest BCUT2D eigenvalue weighted by Crippen LogP contribution is 2.29. The molecular formula is C22H21N7. The summed E-state index contributed by atoms with van der Waals surface area (Å²) in [5.74, 6) is 1.28. The second-order valence-electron chi connectivity index (χ2n) is 8.01. The van der Waals surface area contributed by atoms with Crippen LogP contribution in [0.4, 0.5) is 5.82 Å². The summed E-state index contributed by atoms with van der Waals surface area (Å²) in [6, 6.07) is 9.59. The average Bonchev–Trinajstić information content (AvgIpc) is 3.15. The zero-order chi connectivity index (χ0) is 20.4. The quantitative estimate of drug-likeness (QED) is 0.568. The van der Waals surface area contributed by atoms with Crippen molar-refractivity contribution in [1.82, 2.24) is 24.3 Å². The monoisotopic (exact) mass is 383 g/mol. The molecule has 0 fully saturated rings. The molecule has 0 unspecified atom stereocenters. The van der Waals surface area contributed by atoms with Gasteiger partial charge in [-0.1, -0.05) is 26.8 Å². The minimum absolute atomic E-state index is 0.0856. The standard InChI is InChI=1S/C22H21N7/c1-22(2,3)14-27-20-17(16-5-4-8-24-10-16)11-26-21(28-20)18-12-25-19-7-6-15(9-23)13-29(18)19/h4-8,10-13H,14H2,1-3H3,(H,26,27,28). The van der Waals surface area contributed by atoms with E-state index in [2.05, 4.69) is 47.1 Å². The normalized spacial score (nSPS) is 11.4. The molecule has 7 heteroatoms. The van der Waals surface area contributed by atoms with Gasteiger partial charge < -0.3 is 5.32 Å². The Morgan fingerprint density at radius 2 is 1.97 bits per heavy atom. The van der Waals surface area contributed by atoms with Crippen molar-refractivity contribution in [2.75, 3.05) is 11.9 Å². The Kier molecular flexibility index (Phi) is 4.69. The zero-order valence-electron chi connectivity index (χ0n) is 16.6. The van der Waals surface area contributed by atoms with Crippen LogP contribution in [-0.2, 0) is 0 Å². The highest BCUT2D eigenvalue weighted by atomic mass is 15.1. The lowest BCUT2D eigenvalue weighted by molar-refractivity contribution is 0.442. The predicted molar refractivity (Wildman–Crippen MR) is 112 cm³/mol. The highest BCUT2D eigenvalue weighted by Gasteiger charge is 2.16. The molecule has 0 aliphatic heterocycles. The number of nitrogens with one attached hydrogen (secondary N) is 1. The van der Waals surface area contributed by atoms with E-state index in [-0.39, 0.29) is 5.41 Å². The minimum atomic E-state index is 0.0856. The van der Waals surface area contributed by atoms with Gasteiger partial charge in [0, 0.05) is 42.5 Å². The Balaban J connectivity index is 1.82. The van der Waals surface area contributed by atoms with Gasteiger partial charge >= 0.3 is 0 Å². The molecule has 0 amide bonds. The van der Waals surface area contributed by atoms with Crippen molar-refractivity contribution in [2.24, 2.45) is 5.41 Å². The van der Waals surface area contributed by atoms with Crippen molar-refractivity contribution >= 4 is 11.5 Å². The van der Waals surface area contributed by atoms with Crippen LogP contribution in [0.2, 0.25) is 0 Å². The molecule has 29 heavy (non-hydrogen) atoms. The first-order valence-corrected chi connectivity index (χ1v) is 9.33. The van der Waals surface area contributed by atoms with Crippen molar-refractivity contribution in [2.45, 2.75) is 20.8 Å². The predicted octanol–water partition coefficient (Wildman–Crippen LogP) is 4.18. The van der Waals surface area contributed by atoms with E-state index in [9.17, 15) is 5.26 Å². The van der Waals surface area contributed by atoms with Gasteiger partial charge in [-0.05, 0) is 23.6 Å². The second kappa shape index (κ2) is 7.32. The number of nitrogens with zero attached hydrogens (tertiary/aromatic N) is 6. The van der Waals surface area contributed by atoms with Crippen molar-refractivity contribution in [1.29, 1.82) is 5.26 Å². The Bertz CT molecular complexity index is 1200. The molecule has 4 aromatic heterocycles. The van der Waals surface area contributed by atoms with E-state index in [0.29, 0.717) is 11.4 Å². The first-order valence-electron chi connectivity index (χ1n) is 9.33. The minimum Gasteiger partial charge on any atom is -0.369 e. The lowest BCUT2D eigenvalue weighted by Crippen LogP contribution is -2.20. The summed E-state index contributed by atoms with van der Waals surface area (Å²) in [6.45, 7) is 7.25. The van der Waals surface area contributed by atoms with Gasteiger partial charge in [0.05, 0.1) is 11.8 Å². The van der Waals surface area contributed by atoms with Gasteiger partial charge in [-0.3, -0.25) is 9.38 Å². The molecule has 7 nitrogen and oxygen atoms in total. The molecule has 4 heterocycles. The van der Waals surface area contributed by atoms with Crippen LogP contribution in [0.3, 0.4) is 0 Å². The van der Waals surface area contributed by atoms with Crippen LogP contribution < -0.4 is 5.32 Å². The summed E-state index contributed by atoms with van der Waals surface area (Å²) >= 11 is 0. The van der Waals surface area contributed by atoms with Gasteiger partial charge in [-0.15, -0.1) is 0 Å². The van der Waals surface area contributed by atoms with E-state index in [0.717, 1.165) is 34.8 Å². The van der Waals surface area contributed by atoms with Gasteiger partial charge in [0.2, 0.25) is 0 Å². The van der Waals surface area contributed by atoms with Crippen LogP contribution >= 0.6 is 0 Å². The summed E-state index contributed by atoms with van der Waals surface area (Å²) in [6.07, 6.45) is 8.82. The molecule has 0 aromatic carbocycles. The molecule has 0 saturated carbocycles. The first-order chi connectivity index (χ1) is 13.9. The number of hydrogen-bond acceptors (Lipinski definition) is 6. The summed E-state index contributed by atoms with van der Waals surface area (Å²) < 4.78 is 1.84. The lowest BCUT2D eigenvalue weighted by Gasteiger charge is -2.20. The van der Waals surface area contributed by atoms with Crippen LogP contribution in [0.5, 0.6) is 0 Å². The largest absolute Gasteiger partial charge is 0.369 e. The van der Waals surface area contributed by atoms with Crippen molar-refractivity contribution in [3.8, 4) is 28.7 Å². The molecule has 4 aromatic rings. The van der Waals surface area contributed by atoms with E-state index in [4.69, 9.17) is 4.98 Å². The fourth-order valence-corrected chi connectivity index (χ4v) is 2.93. The molecule has 0 saturated heterocycles. The molecule has 0 bridgehead atoms. The maximum Gasteiger partial charge on any atom is 0.180 e. The Morgan fingerprint density at radius 3 is 2.69 bits per heavy atom. The molecule has 0 aliphatic carbocycles. The van der Waals surface area contributed by atoms with E-state index in [1.165, 1.54) is 0 Å². The van der Waals surface area contributed by atoms with Crippen LogP contribution in [0.15, 0.2) is 55.2 Å². The Labute approximate surface area is 169 Å². The molecule has 0 spiro atoms. The third-order valence-corrected chi connectivity index (χ3v) is 4.41. The lowest BCUT2D eigenvalue weighted by atomic mass is 9.97. The van der Waals surface area contributed by atoms with Gasteiger partial charge in [0.25, 0.3) is 0 Å². The van der Waals surface area contributed by atoms with Crippen molar-refractivity contribution in [3.63, 3.8) is 0 Å². The van der Waals surface area contributed by atoms with Crippen LogP contribution in [-0.4, -0.2) is 30.9 Å². The summed E-state index contributed by atoms with van der Waals surface area (Å²) in [5.41, 5.74) is 3.94. The van der Waals surface area contributed by atoms with E-state index in [1.54, 1.807) is 37.1 Å². The number of imidazole rings is 1.